The van der Waals surface area contributed by atoms with E-state index in [2.05, 4.69) is 16.3 Å². The lowest BCUT2D eigenvalue weighted by Crippen LogP contribution is -2.55. The maximum atomic E-state index is 14.5. The molecule has 2 aliphatic heterocycles. The van der Waals surface area contributed by atoms with Gasteiger partial charge < -0.3 is 24.4 Å². The van der Waals surface area contributed by atoms with Gasteiger partial charge in [-0.1, -0.05) is 66.7 Å². The maximum Gasteiger partial charge on any atom is 0.287 e. The molecule has 1 atom stereocenters. The number of para-hydroxylation sites is 2. The Labute approximate surface area is 276 Å². The molecule has 4 aromatic carbocycles. The largest absolute Gasteiger partial charge is 0.448 e. The highest BCUT2D eigenvalue weighted by Gasteiger charge is 2.31. The first kappa shape index (κ1) is 31.1. The Morgan fingerprint density at radius 3 is 2.40 bits per heavy atom. The lowest BCUT2D eigenvalue weighted by molar-refractivity contribution is -0.133. The van der Waals surface area contributed by atoms with E-state index in [0.717, 1.165) is 52.7 Å². The van der Waals surface area contributed by atoms with Gasteiger partial charge in [0.2, 0.25) is 11.8 Å². The molecule has 0 radical (unpaired) electrons. The molecule has 2 aliphatic rings. The smallest absolute Gasteiger partial charge is 0.287 e. The van der Waals surface area contributed by atoms with Gasteiger partial charge >= 0.3 is 0 Å². The second-order valence-corrected chi connectivity index (χ2v) is 12.4. The molecule has 48 heavy (non-hydrogen) atoms. The van der Waals surface area contributed by atoms with Crippen molar-refractivity contribution in [3.05, 3.63) is 124 Å². The number of amides is 3. The first-order valence-corrected chi connectivity index (χ1v) is 16.2. The first-order chi connectivity index (χ1) is 23.3. The zero-order valence-corrected chi connectivity index (χ0v) is 26.4. The summed E-state index contributed by atoms with van der Waals surface area (Å²) in [5.41, 5.74) is 2.11. The molecule has 2 fully saturated rings. The number of rotatable bonds is 8. The number of nitrogens with one attached hydrogen (secondary N) is 1. The van der Waals surface area contributed by atoms with Gasteiger partial charge in [0.25, 0.3) is 5.91 Å². The van der Waals surface area contributed by atoms with Crippen LogP contribution in [0.2, 0.25) is 0 Å². The number of piperazine rings is 1. The average molecular weight is 647 g/mol. The summed E-state index contributed by atoms with van der Waals surface area (Å²) < 4.78 is 20.1. The third kappa shape index (κ3) is 6.38. The van der Waals surface area contributed by atoms with Gasteiger partial charge in [-0.05, 0) is 46.5 Å². The van der Waals surface area contributed by atoms with Gasteiger partial charge in [-0.3, -0.25) is 19.2 Å². The van der Waals surface area contributed by atoms with Crippen molar-refractivity contribution in [2.45, 2.75) is 31.8 Å². The predicted molar refractivity (Wildman–Crippen MR) is 181 cm³/mol. The average Bonchev–Trinajstić information content (AvgIpc) is 3.51. The van der Waals surface area contributed by atoms with Gasteiger partial charge in [0.05, 0.1) is 5.39 Å². The van der Waals surface area contributed by atoms with Gasteiger partial charge in [-0.2, -0.15) is 0 Å². The number of nitrogens with zero attached hydrogens (tertiary/aromatic N) is 3. The zero-order chi connectivity index (χ0) is 33.2. The third-order valence-electron chi connectivity index (χ3n) is 9.24. The van der Waals surface area contributed by atoms with Crippen LogP contribution in [0.4, 0.5) is 10.1 Å². The van der Waals surface area contributed by atoms with Crippen LogP contribution in [-0.4, -0.2) is 66.3 Å². The molecular weight excluding hydrogens is 611 g/mol. The van der Waals surface area contributed by atoms with Crippen LogP contribution in [0, 0.1) is 5.82 Å². The van der Waals surface area contributed by atoms with Gasteiger partial charge in [0.15, 0.2) is 22.6 Å². The fourth-order valence-corrected chi connectivity index (χ4v) is 6.70. The monoisotopic (exact) mass is 646 g/mol. The second kappa shape index (κ2) is 13.3. The van der Waals surface area contributed by atoms with Crippen LogP contribution >= 0.6 is 0 Å². The highest BCUT2D eigenvalue weighted by atomic mass is 19.1. The fourth-order valence-electron chi connectivity index (χ4n) is 6.70. The summed E-state index contributed by atoms with van der Waals surface area (Å²) in [7, 11) is 0. The minimum atomic E-state index is -0.972. The van der Waals surface area contributed by atoms with Crippen LogP contribution < -0.4 is 15.6 Å². The minimum Gasteiger partial charge on any atom is -0.448 e. The molecule has 9 nitrogen and oxygen atoms in total. The number of likely N-dealkylation sites (tertiary alicyclic amines) is 1. The Kier molecular flexibility index (Phi) is 8.63. The summed E-state index contributed by atoms with van der Waals surface area (Å²) in [5.74, 6) is -1.99. The zero-order valence-electron chi connectivity index (χ0n) is 26.4. The lowest BCUT2D eigenvalue weighted by atomic mass is 10.0. The van der Waals surface area contributed by atoms with Crippen molar-refractivity contribution in [2.24, 2.45) is 0 Å². The number of fused-ring (bicyclic) bond motifs is 2. The van der Waals surface area contributed by atoms with E-state index in [0.29, 0.717) is 39.1 Å². The second-order valence-electron chi connectivity index (χ2n) is 12.4. The molecule has 3 amide bonds. The number of carbonyl (C=O) groups excluding carboxylic acids is 3. The molecule has 7 rings (SSSR count). The molecule has 0 spiro atoms. The van der Waals surface area contributed by atoms with Crippen LogP contribution in [0.15, 0.2) is 100 Å². The summed E-state index contributed by atoms with van der Waals surface area (Å²) in [6.07, 6.45) is 1.67. The van der Waals surface area contributed by atoms with E-state index < -0.39 is 23.2 Å². The molecule has 3 heterocycles. The molecule has 10 heteroatoms. The molecule has 1 aromatic heterocycles. The van der Waals surface area contributed by atoms with Crippen molar-refractivity contribution in [3.8, 4) is 0 Å². The van der Waals surface area contributed by atoms with E-state index in [1.165, 1.54) is 12.1 Å². The van der Waals surface area contributed by atoms with Gasteiger partial charge in [0, 0.05) is 63.9 Å². The number of carbonyl (C=O) groups is 3. The molecule has 2 saturated heterocycles. The van der Waals surface area contributed by atoms with Crippen molar-refractivity contribution < 1.29 is 23.2 Å². The minimum absolute atomic E-state index is 0.0295. The number of hydrogen-bond acceptors (Lipinski definition) is 6. The van der Waals surface area contributed by atoms with Crippen LogP contribution in [0.5, 0.6) is 0 Å². The molecule has 0 unspecified atom stereocenters. The third-order valence-corrected chi connectivity index (χ3v) is 9.24. The van der Waals surface area contributed by atoms with E-state index in [-0.39, 0.29) is 35.0 Å². The van der Waals surface area contributed by atoms with Crippen molar-refractivity contribution in [1.82, 2.24) is 15.1 Å². The van der Waals surface area contributed by atoms with Gasteiger partial charge in [-0.15, -0.1) is 0 Å². The van der Waals surface area contributed by atoms with Crippen molar-refractivity contribution in [3.63, 3.8) is 0 Å². The van der Waals surface area contributed by atoms with Crippen molar-refractivity contribution in [2.75, 3.05) is 37.6 Å². The Morgan fingerprint density at radius 1 is 0.833 bits per heavy atom. The maximum absolute atomic E-state index is 14.5. The predicted octanol–water partition coefficient (Wildman–Crippen LogP) is 4.90. The number of benzene rings is 4. The molecular formula is C38H35FN4O5. The number of halogens is 1. The van der Waals surface area contributed by atoms with E-state index in [1.54, 1.807) is 4.90 Å². The van der Waals surface area contributed by atoms with E-state index in [1.807, 2.05) is 65.6 Å². The molecule has 0 saturated carbocycles. The Bertz CT molecular complexity index is 2090. The highest BCUT2D eigenvalue weighted by Crippen LogP contribution is 2.26. The summed E-state index contributed by atoms with van der Waals surface area (Å²) >= 11 is 0. The normalized spacial score (nSPS) is 15.7. The standard InChI is InChI=1S/C38H35FN4O5/c39-30-11-5-10-29-33(44)23-34(48-36(29)30)37(46)40-31(22-25-14-15-26-7-1-2-8-27(26)21-25)38(47)42-19-17-41(18-20-42)32-12-4-3-9-28(32)24-43-16-6-13-35(43)45/h1-5,7-12,14-15,21,23,31H,6,13,16-20,22,24H2,(H,40,46)/t31-/m1/s1. The van der Waals surface area contributed by atoms with Crippen molar-refractivity contribution >= 4 is 45.2 Å². The van der Waals surface area contributed by atoms with Gasteiger partial charge in [0.1, 0.15) is 6.04 Å². The topological polar surface area (TPSA) is 103 Å². The Morgan fingerprint density at radius 2 is 1.60 bits per heavy atom. The van der Waals surface area contributed by atoms with Crippen LogP contribution in [0.1, 0.15) is 34.5 Å². The number of anilines is 1. The Balaban J connectivity index is 1.11. The summed E-state index contributed by atoms with van der Waals surface area (Å²) in [6.45, 7) is 3.32. The summed E-state index contributed by atoms with van der Waals surface area (Å²) in [4.78, 5) is 58.5. The van der Waals surface area contributed by atoms with Crippen LogP contribution in [0.3, 0.4) is 0 Å². The fraction of sp³-hybridized carbons (Fsp3) is 0.263. The van der Waals surface area contributed by atoms with E-state index in [9.17, 15) is 23.6 Å². The molecule has 5 aromatic rings. The van der Waals surface area contributed by atoms with E-state index >= 15 is 0 Å². The molecule has 0 bridgehead atoms. The van der Waals surface area contributed by atoms with Crippen LogP contribution in [0.25, 0.3) is 21.7 Å². The summed E-state index contributed by atoms with van der Waals surface area (Å²) in [6, 6.07) is 25.9. The Hall–Kier alpha value is -5.51. The number of hydrogen-bond donors (Lipinski definition) is 1. The van der Waals surface area contributed by atoms with Crippen molar-refractivity contribution in [1.29, 1.82) is 0 Å². The molecule has 244 valence electrons. The van der Waals surface area contributed by atoms with Crippen LogP contribution in [-0.2, 0) is 22.6 Å². The SMILES string of the molecule is O=C(N[C@H](Cc1ccc2ccccc2c1)C(=O)N1CCN(c2ccccc2CN2CCCC2=O)CC1)c1cc(=O)c2cccc(F)c2o1. The molecule has 1 N–H and O–H groups in total. The quantitative estimate of drug-likeness (QED) is 0.258. The van der Waals surface area contributed by atoms with E-state index in [4.69, 9.17) is 4.42 Å². The first-order valence-electron chi connectivity index (χ1n) is 16.2. The van der Waals surface area contributed by atoms with Gasteiger partial charge in [-0.25, -0.2) is 4.39 Å². The highest BCUT2D eigenvalue weighted by molar-refractivity contribution is 5.97. The lowest BCUT2D eigenvalue weighted by Gasteiger charge is -2.38. The summed E-state index contributed by atoms with van der Waals surface area (Å²) in [5, 5.41) is 4.89. The molecule has 0 aliphatic carbocycles.